The third-order valence-corrected chi connectivity index (χ3v) is 7.65. The first-order valence-corrected chi connectivity index (χ1v) is 13.7. The van der Waals surface area contributed by atoms with Gasteiger partial charge in [0.15, 0.2) is 18.3 Å². The van der Waals surface area contributed by atoms with Crippen molar-refractivity contribution in [2.45, 2.75) is 71.6 Å². The molecule has 0 N–H and O–H groups in total. The molecular formula is C30H32O9S. The minimum absolute atomic E-state index is 0.269. The average Bonchev–Trinajstić information content (AvgIpc) is 3.28. The average molecular weight is 569 g/mol. The van der Waals surface area contributed by atoms with E-state index in [0.717, 1.165) is 11.1 Å². The molecule has 3 unspecified atom stereocenters. The number of rotatable bonds is 8. The molecule has 2 aromatic carbocycles. The van der Waals surface area contributed by atoms with Gasteiger partial charge < -0.3 is 23.7 Å². The molecule has 2 heterocycles. The molecule has 0 amide bonds. The van der Waals surface area contributed by atoms with Gasteiger partial charge in [0, 0.05) is 43.7 Å². The Hall–Kier alpha value is -3.76. The number of carbonyl (C=O) groups excluding carboxylic acids is 4. The van der Waals surface area contributed by atoms with Gasteiger partial charge in [-0.2, -0.15) is 0 Å². The lowest BCUT2D eigenvalue weighted by atomic mass is 9.88. The highest BCUT2D eigenvalue weighted by Crippen LogP contribution is 2.39. The summed E-state index contributed by atoms with van der Waals surface area (Å²) >= 11 is 1.72. The molecule has 0 aliphatic carbocycles. The van der Waals surface area contributed by atoms with Crippen molar-refractivity contribution >= 4 is 45.3 Å². The molecule has 10 heteroatoms. The van der Waals surface area contributed by atoms with E-state index in [9.17, 15) is 19.2 Å². The van der Waals surface area contributed by atoms with Crippen LogP contribution in [-0.4, -0.2) is 54.9 Å². The molecule has 9 nitrogen and oxygen atoms in total. The maximum atomic E-state index is 12.2. The number of esters is 4. The van der Waals surface area contributed by atoms with Crippen molar-refractivity contribution in [3.05, 3.63) is 70.1 Å². The first kappa shape index (κ1) is 29.2. The molecule has 1 fully saturated rings. The van der Waals surface area contributed by atoms with Crippen molar-refractivity contribution in [2.24, 2.45) is 0 Å². The Morgan fingerprint density at radius 3 is 2.10 bits per heavy atom. The number of ether oxygens (including phenoxy) is 5. The largest absolute Gasteiger partial charge is 0.463 e. The second-order valence-electron chi connectivity index (χ2n) is 9.73. The SMILES string of the molecule is CC(=O)OCC1OC(c2ccc(C)c(Cc3cc4ccccc4s3)c2)[C@H](OC(C)=O)C(OC(C)=O)[C@@H]1OC(C)=O. The van der Waals surface area contributed by atoms with E-state index in [2.05, 4.69) is 18.2 Å². The lowest BCUT2D eigenvalue weighted by molar-refractivity contribution is -0.254. The molecule has 1 aromatic heterocycles. The predicted octanol–water partition coefficient (Wildman–Crippen LogP) is 4.60. The standard InChI is InChI=1S/C30H32O9S/c1-16-10-11-22(12-23(16)14-24-13-21-8-6-7-9-26(21)40-24)27-29(37-19(4)33)30(38-20(5)34)28(36-18(3)32)25(39-27)15-35-17(2)31/h6-13,25,27-30H,14-15H2,1-5H3/t25?,27?,28-,29+,30?/m1/s1. The third kappa shape index (κ3) is 7.05. The van der Waals surface area contributed by atoms with Crippen LogP contribution in [0.1, 0.15) is 55.4 Å². The number of hydrogen-bond acceptors (Lipinski definition) is 10. The van der Waals surface area contributed by atoms with Crippen molar-refractivity contribution in [1.29, 1.82) is 0 Å². The maximum absolute atomic E-state index is 12.2. The fraction of sp³-hybridized carbons (Fsp3) is 0.400. The Balaban J connectivity index is 1.74. The molecule has 0 spiro atoms. The first-order chi connectivity index (χ1) is 19.0. The van der Waals surface area contributed by atoms with Crippen LogP contribution < -0.4 is 0 Å². The Kier molecular flexibility index (Phi) is 9.21. The Labute approximate surface area is 236 Å². The summed E-state index contributed by atoms with van der Waals surface area (Å²) in [7, 11) is 0. The fourth-order valence-corrected chi connectivity index (χ4v) is 5.95. The molecule has 1 aliphatic rings. The fourth-order valence-electron chi connectivity index (χ4n) is 4.87. The summed E-state index contributed by atoms with van der Waals surface area (Å²) in [6.45, 7) is 6.62. The van der Waals surface area contributed by atoms with Gasteiger partial charge in [-0.25, -0.2) is 0 Å². The van der Waals surface area contributed by atoms with Gasteiger partial charge in [-0.3, -0.25) is 19.2 Å². The van der Waals surface area contributed by atoms with Crippen molar-refractivity contribution < 1.29 is 42.9 Å². The number of fused-ring (bicyclic) bond motifs is 1. The third-order valence-electron chi connectivity index (χ3n) is 6.53. The second kappa shape index (κ2) is 12.6. The molecule has 212 valence electrons. The highest BCUT2D eigenvalue weighted by Gasteiger charge is 2.52. The van der Waals surface area contributed by atoms with Crippen LogP contribution in [0.4, 0.5) is 0 Å². The van der Waals surface area contributed by atoms with Crippen LogP contribution in [-0.2, 0) is 49.3 Å². The van der Waals surface area contributed by atoms with E-state index in [-0.39, 0.29) is 6.61 Å². The zero-order valence-electron chi connectivity index (χ0n) is 23.0. The van der Waals surface area contributed by atoms with Crippen molar-refractivity contribution in [1.82, 2.24) is 0 Å². The number of benzene rings is 2. The topological polar surface area (TPSA) is 114 Å². The van der Waals surface area contributed by atoms with Crippen LogP contribution in [0, 0.1) is 6.92 Å². The summed E-state index contributed by atoms with van der Waals surface area (Å²) in [6.07, 6.45) is -4.78. The van der Waals surface area contributed by atoms with Crippen molar-refractivity contribution in [3.63, 3.8) is 0 Å². The molecule has 1 aliphatic heterocycles. The Morgan fingerprint density at radius 1 is 0.800 bits per heavy atom. The molecule has 3 aromatic rings. The predicted molar refractivity (Wildman–Crippen MR) is 147 cm³/mol. The summed E-state index contributed by atoms with van der Waals surface area (Å²) in [5.41, 5.74) is 2.77. The summed E-state index contributed by atoms with van der Waals surface area (Å²) < 4.78 is 29.4. The number of carbonyl (C=O) groups is 4. The second-order valence-corrected chi connectivity index (χ2v) is 10.9. The van der Waals surface area contributed by atoms with E-state index in [1.807, 2.05) is 37.3 Å². The van der Waals surface area contributed by atoms with E-state index in [4.69, 9.17) is 23.7 Å². The van der Waals surface area contributed by atoms with E-state index in [0.29, 0.717) is 12.0 Å². The highest BCUT2D eigenvalue weighted by atomic mass is 32.1. The van der Waals surface area contributed by atoms with Gasteiger partial charge in [-0.05, 0) is 41.1 Å². The minimum Gasteiger partial charge on any atom is -0.463 e. The molecule has 0 radical (unpaired) electrons. The quantitative estimate of drug-likeness (QED) is 0.284. The minimum atomic E-state index is -1.21. The lowest BCUT2D eigenvalue weighted by Crippen LogP contribution is -2.59. The van der Waals surface area contributed by atoms with Crippen LogP contribution in [0.15, 0.2) is 48.5 Å². The Morgan fingerprint density at radius 2 is 1.45 bits per heavy atom. The van der Waals surface area contributed by atoms with Crippen LogP contribution >= 0.6 is 11.3 Å². The van der Waals surface area contributed by atoms with E-state index < -0.39 is 54.4 Å². The summed E-state index contributed by atoms with van der Waals surface area (Å²) in [6, 6.07) is 16.1. The maximum Gasteiger partial charge on any atom is 0.303 e. The zero-order valence-corrected chi connectivity index (χ0v) is 23.8. The summed E-state index contributed by atoms with van der Waals surface area (Å²) in [5.74, 6) is -2.53. The summed E-state index contributed by atoms with van der Waals surface area (Å²) in [5, 5.41) is 1.18. The van der Waals surface area contributed by atoms with Gasteiger partial charge in [0.25, 0.3) is 0 Å². The van der Waals surface area contributed by atoms with Crippen LogP contribution in [0.3, 0.4) is 0 Å². The molecular weight excluding hydrogens is 536 g/mol. The molecule has 40 heavy (non-hydrogen) atoms. The normalized spacial score (nSPS) is 22.4. The van der Waals surface area contributed by atoms with Crippen molar-refractivity contribution in [2.75, 3.05) is 6.61 Å². The molecule has 5 atom stereocenters. The number of hydrogen-bond donors (Lipinski definition) is 0. The smallest absolute Gasteiger partial charge is 0.303 e. The monoisotopic (exact) mass is 568 g/mol. The van der Waals surface area contributed by atoms with Crippen LogP contribution in [0.2, 0.25) is 0 Å². The van der Waals surface area contributed by atoms with Gasteiger partial charge in [0.1, 0.15) is 18.8 Å². The van der Waals surface area contributed by atoms with E-state index >= 15 is 0 Å². The number of aryl methyl sites for hydroxylation is 1. The Bertz CT molecular complexity index is 1380. The zero-order chi connectivity index (χ0) is 29.0. The van der Waals surface area contributed by atoms with Gasteiger partial charge in [-0.1, -0.05) is 36.4 Å². The molecule has 0 saturated carbocycles. The van der Waals surface area contributed by atoms with E-state index in [1.54, 1.807) is 11.3 Å². The first-order valence-electron chi connectivity index (χ1n) is 12.9. The van der Waals surface area contributed by atoms with Crippen LogP contribution in [0.25, 0.3) is 10.1 Å². The summed E-state index contributed by atoms with van der Waals surface area (Å²) in [4.78, 5) is 49.1. The highest BCUT2D eigenvalue weighted by molar-refractivity contribution is 7.19. The van der Waals surface area contributed by atoms with Crippen molar-refractivity contribution in [3.8, 4) is 0 Å². The molecule has 0 bridgehead atoms. The molecule has 4 rings (SSSR count). The van der Waals surface area contributed by atoms with Gasteiger partial charge in [0.2, 0.25) is 0 Å². The van der Waals surface area contributed by atoms with Gasteiger partial charge in [-0.15, -0.1) is 11.3 Å². The van der Waals surface area contributed by atoms with Gasteiger partial charge >= 0.3 is 23.9 Å². The van der Waals surface area contributed by atoms with Gasteiger partial charge in [0.05, 0.1) is 0 Å². The van der Waals surface area contributed by atoms with E-state index in [1.165, 1.54) is 42.7 Å². The van der Waals surface area contributed by atoms with Crippen LogP contribution in [0.5, 0.6) is 0 Å². The number of thiophene rings is 1. The lowest BCUT2D eigenvalue weighted by Gasteiger charge is -2.44. The molecule has 1 saturated heterocycles.